The Morgan fingerprint density at radius 1 is 1.08 bits per heavy atom. The van der Waals surface area contributed by atoms with Crippen molar-refractivity contribution in [3.8, 4) is 0 Å². The number of carbonyl (C=O) groups is 1. The Balaban J connectivity index is 1.71. The molecule has 0 radical (unpaired) electrons. The van der Waals surface area contributed by atoms with Gasteiger partial charge in [0, 0.05) is 31.4 Å². The van der Waals surface area contributed by atoms with E-state index in [-0.39, 0.29) is 17.0 Å². The lowest BCUT2D eigenvalue weighted by Crippen LogP contribution is -2.26. The molecule has 2 aromatic rings. The monoisotopic (exact) mass is 334 g/mol. The summed E-state index contributed by atoms with van der Waals surface area (Å²) in [6.45, 7) is 3.97. The number of aromatic nitrogens is 1. The van der Waals surface area contributed by atoms with Crippen LogP contribution in [0, 0.1) is 5.41 Å². The number of allylic oxidation sites excluding steroid dienone is 2. The number of hydrogen-bond acceptors (Lipinski definition) is 4. The molecule has 1 aliphatic carbocycles. The number of pyridine rings is 1. The summed E-state index contributed by atoms with van der Waals surface area (Å²) >= 11 is 0. The third-order valence-corrected chi connectivity index (χ3v) is 4.33. The van der Waals surface area contributed by atoms with E-state index >= 15 is 0 Å². The van der Waals surface area contributed by atoms with Gasteiger partial charge in [0.1, 0.15) is 5.76 Å². The summed E-state index contributed by atoms with van der Waals surface area (Å²) in [7, 11) is 0. The quantitative estimate of drug-likeness (QED) is 0.833. The molecule has 4 nitrogen and oxygen atoms in total. The van der Waals surface area contributed by atoms with Crippen LogP contribution in [0.3, 0.4) is 0 Å². The molecule has 1 N–H and O–H groups in total. The summed E-state index contributed by atoms with van der Waals surface area (Å²) in [5.41, 5.74) is 3.30. The molecule has 4 heteroatoms. The standard InChI is InChI=1S/C21H22N2O2/c1-21(2)12-19(24)18(20(25)13-21)14-23-17-5-3-15(4-6-17)11-16-7-9-22-10-8-16/h3-10,14,24H,11-13H2,1-2H3. The number of aliphatic imine (C=N–C) groups is 1. The summed E-state index contributed by atoms with van der Waals surface area (Å²) in [6, 6.07) is 11.9. The summed E-state index contributed by atoms with van der Waals surface area (Å²) in [6.07, 6.45) is 6.85. The zero-order valence-electron chi connectivity index (χ0n) is 14.6. The van der Waals surface area contributed by atoms with E-state index in [0.717, 1.165) is 12.1 Å². The van der Waals surface area contributed by atoms with Gasteiger partial charge in [-0.3, -0.25) is 14.8 Å². The summed E-state index contributed by atoms with van der Waals surface area (Å²) in [4.78, 5) is 20.6. The third-order valence-electron chi connectivity index (χ3n) is 4.33. The molecule has 0 bridgehead atoms. The normalized spacial score (nSPS) is 17.3. The first-order valence-corrected chi connectivity index (χ1v) is 8.40. The Morgan fingerprint density at radius 3 is 2.36 bits per heavy atom. The van der Waals surface area contributed by atoms with Gasteiger partial charge in [-0.25, -0.2) is 0 Å². The van der Waals surface area contributed by atoms with E-state index in [2.05, 4.69) is 9.98 Å². The zero-order valence-corrected chi connectivity index (χ0v) is 14.6. The van der Waals surface area contributed by atoms with Crippen molar-refractivity contribution in [2.24, 2.45) is 10.4 Å². The Bertz CT molecular complexity index is 819. The van der Waals surface area contributed by atoms with Crippen LogP contribution >= 0.6 is 0 Å². The summed E-state index contributed by atoms with van der Waals surface area (Å²) < 4.78 is 0. The van der Waals surface area contributed by atoms with Gasteiger partial charge in [0.15, 0.2) is 5.78 Å². The molecule has 0 atom stereocenters. The average Bonchev–Trinajstić information content (AvgIpc) is 2.55. The molecule has 0 unspecified atom stereocenters. The predicted octanol–water partition coefficient (Wildman–Crippen LogP) is 4.58. The number of benzene rings is 1. The van der Waals surface area contributed by atoms with E-state index in [0.29, 0.717) is 18.4 Å². The van der Waals surface area contributed by atoms with Crippen molar-refractivity contribution in [2.45, 2.75) is 33.1 Å². The molecule has 0 amide bonds. The van der Waals surface area contributed by atoms with Crippen molar-refractivity contribution in [1.29, 1.82) is 0 Å². The minimum Gasteiger partial charge on any atom is -0.511 e. The van der Waals surface area contributed by atoms with Crippen LogP contribution in [0.2, 0.25) is 0 Å². The maximum Gasteiger partial charge on any atom is 0.168 e. The molecular weight excluding hydrogens is 312 g/mol. The third kappa shape index (κ3) is 4.41. The molecule has 128 valence electrons. The molecular formula is C21H22N2O2. The highest BCUT2D eigenvalue weighted by Crippen LogP contribution is 2.35. The molecule has 1 heterocycles. The summed E-state index contributed by atoms with van der Waals surface area (Å²) in [5.74, 6) is 0.0890. The second-order valence-electron chi connectivity index (χ2n) is 7.26. The highest BCUT2D eigenvalue weighted by Gasteiger charge is 2.32. The maximum atomic E-state index is 12.2. The lowest BCUT2D eigenvalue weighted by Gasteiger charge is -2.28. The van der Waals surface area contributed by atoms with Crippen molar-refractivity contribution in [3.63, 3.8) is 0 Å². The van der Waals surface area contributed by atoms with Gasteiger partial charge < -0.3 is 5.11 Å². The predicted molar refractivity (Wildman–Crippen MR) is 99.3 cm³/mol. The van der Waals surface area contributed by atoms with Gasteiger partial charge in [-0.2, -0.15) is 0 Å². The second-order valence-corrected chi connectivity index (χ2v) is 7.26. The summed E-state index contributed by atoms with van der Waals surface area (Å²) in [5, 5.41) is 10.1. The van der Waals surface area contributed by atoms with Gasteiger partial charge in [-0.1, -0.05) is 26.0 Å². The van der Waals surface area contributed by atoms with Crippen molar-refractivity contribution in [2.75, 3.05) is 0 Å². The lowest BCUT2D eigenvalue weighted by atomic mass is 9.77. The minimum absolute atomic E-state index is 0.0493. The van der Waals surface area contributed by atoms with Crippen LogP contribution in [-0.4, -0.2) is 22.1 Å². The van der Waals surface area contributed by atoms with Crippen LogP contribution in [0.1, 0.15) is 37.8 Å². The number of aliphatic hydroxyl groups excluding tert-OH is 1. The van der Waals surface area contributed by atoms with Gasteiger partial charge in [-0.05, 0) is 47.2 Å². The zero-order chi connectivity index (χ0) is 17.9. The highest BCUT2D eigenvalue weighted by molar-refractivity contribution is 6.14. The fourth-order valence-corrected chi connectivity index (χ4v) is 3.02. The Morgan fingerprint density at radius 2 is 1.72 bits per heavy atom. The molecule has 1 aliphatic rings. The van der Waals surface area contributed by atoms with Gasteiger partial charge in [-0.15, -0.1) is 0 Å². The molecule has 0 saturated carbocycles. The molecule has 0 aliphatic heterocycles. The second kappa shape index (κ2) is 7.01. The number of hydrogen-bond donors (Lipinski definition) is 1. The largest absolute Gasteiger partial charge is 0.511 e. The van der Waals surface area contributed by atoms with Crippen molar-refractivity contribution >= 4 is 17.7 Å². The first kappa shape index (κ1) is 17.1. The topological polar surface area (TPSA) is 62.5 Å². The van der Waals surface area contributed by atoms with E-state index in [1.807, 2.05) is 50.2 Å². The fraction of sp³-hybridized carbons (Fsp3) is 0.286. The number of carbonyl (C=O) groups excluding carboxylic acids is 1. The van der Waals surface area contributed by atoms with E-state index in [9.17, 15) is 9.90 Å². The number of aliphatic hydroxyl groups is 1. The first-order valence-electron chi connectivity index (χ1n) is 8.40. The van der Waals surface area contributed by atoms with Crippen LogP contribution in [0.25, 0.3) is 0 Å². The lowest BCUT2D eigenvalue weighted by molar-refractivity contribution is -0.117. The average molecular weight is 334 g/mol. The first-order chi connectivity index (χ1) is 11.9. The van der Waals surface area contributed by atoms with Crippen molar-refractivity contribution < 1.29 is 9.90 Å². The Kier molecular flexibility index (Phi) is 4.79. The van der Waals surface area contributed by atoms with Crippen LogP contribution in [0.5, 0.6) is 0 Å². The smallest absolute Gasteiger partial charge is 0.168 e. The maximum absolute atomic E-state index is 12.2. The van der Waals surface area contributed by atoms with E-state index in [1.54, 1.807) is 12.4 Å². The van der Waals surface area contributed by atoms with Gasteiger partial charge in [0.25, 0.3) is 0 Å². The van der Waals surface area contributed by atoms with Gasteiger partial charge in [0.05, 0.1) is 11.3 Å². The van der Waals surface area contributed by atoms with Gasteiger partial charge >= 0.3 is 0 Å². The van der Waals surface area contributed by atoms with Crippen LogP contribution < -0.4 is 0 Å². The number of ketones is 1. The number of rotatable bonds is 4. The molecule has 25 heavy (non-hydrogen) atoms. The molecule has 1 aromatic heterocycles. The molecule has 0 saturated heterocycles. The molecule has 0 spiro atoms. The molecule has 1 aromatic carbocycles. The van der Waals surface area contributed by atoms with E-state index in [4.69, 9.17) is 0 Å². The van der Waals surface area contributed by atoms with Crippen LogP contribution in [0.15, 0.2) is 65.1 Å². The van der Waals surface area contributed by atoms with Crippen LogP contribution in [0.4, 0.5) is 5.69 Å². The SMILES string of the molecule is CC1(C)CC(=O)C(C=Nc2ccc(Cc3ccncc3)cc2)=C(O)C1. The highest BCUT2D eigenvalue weighted by atomic mass is 16.3. The molecule has 3 rings (SSSR count). The minimum atomic E-state index is -0.187. The van der Waals surface area contributed by atoms with Crippen LogP contribution in [-0.2, 0) is 11.2 Å². The van der Waals surface area contributed by atoms with Crippen molar-refractivity contribution in [3.05, 3.63) is 71.3 Å². The van der Waals surface area contributed by atoms with E-state index in [1.165, 1.54) is 17.3 Å². The fourth-order valence-electron chi connectivity index (χ4n) is 3.02. The van der Waals surface area contributed by atoms with E-state index < -0.39 is 0 Å². The van der Waals surface area contributed by atoms with Gasteiger partial charge in [0.2, 0.25) is 0 Å². The molecule has 0 fully saturated rings. The Labute approximate surface area is 148 Å². The number of nitrogens with zero attached hydrogens (tertiary/aromatic N) is 2. The number of Topliss-reactive ketones (excluding diaryl/α,β-unsaturated/α-hetero) is 1. The van der Waals surface area contributed by atoms with Crippen molar-refractivity contribution in [1.82, 2.24) is 4.98 Å². The Hall–Kier alpha value is -2.75.